The minimum Gasteiger partial charge on any atom is -0.465 e. The van der Waals surface area contributed by atoms with Crippen LogP contribution in [-0.2, 0) is 4.79 Å². The highest BCUT2D eigenvalue weighted by Crippen LogP contribution is 2.58. The van der Waals surface area contributed by atoms with E-state index in [0.717, 1.165) is 6.42 Å². The molecule has 90 valence electrons. The third-order valence-electron chi connectivity index (χ3n) is 4.42. The quantitative estimate of drug-likeness (QED) is 0.686. The number of hydrogen-bond acceptors (Lipinski definition) is 2. The molecule has 1 amide bonds. The molecule has 2 unspecified atom stereocenters. The molecule has 2 aliphatic rings. The maximum absolute atomic E-state index is 12.0. The molecule has 1 saturated heterocycles. The van der Waals surface area contributed by atoms with Crippen LogP contribution in [0.2, 0.25) is 0 Å². The molecule has 1 saturated carbocycles. The Morgan fingerprint density at radius 1 is 1.50 bits per heavy atom. The Kier molecular flexibility index (Phi) is 2.30. The summed E-state index contributed by atoms with van der Waals surface area (Å²) in [5.41, 5.74) is -0.579. The van der Waals surface area contributed by atoms with Gasteiger partial charge >= 0.3 is 6.09 Å². The summed E-state index contributed by atoms with van der Waals surface area (Å²) in [7, 11) is 0. The number of rotatable bonds is 0. The van der Waals surface area contributed by atoms with Gasteiger partial charge < -0.3 is 10.0 Å². The molecule has 1 N–H and O–H groups in total. The first-order valence-corrected chi connectivity index (χ1v) is 5.80. The fraction of sp³-hybridized carbons (Fsp3) is 0.833. The summed E-state index contributed by atoms with van der Waals surface area (Å²) in [5.74, 6) is 0.631. The van der Waals surface area contributed by atoms with E-state index < -0.39 is 11.5 Å². The number of fused-ring (bicyclic) bond motifs is 1. The third-order valence-corrected chi connectivity index (χ3v) is 4.42. The minimum absolute atomic E-state index is 0.152. The molecule has 16 heavy (non-hydrogen) atoms. The fourth-order valence-corrected chi connectivity index (χ4v) is 3.37. The number of nitrogens with zero attached hydrogens (tertiary/aromatic N) is 1. The van der Waals surface area contributed by atoms with Crippen molar-refractivity contribution in [3.63, 3.8) is 0 Å². The van der Waals surface area contributed by atoms with Crippen molar-refractivity contribution in [2.24, 2.45) is 16.7 Å². The van der Waals surface area contributed by atoms with Crippen LogP contribution in [0.5, 0.6) is 0 Å². The summed E-state index contributed by atoms with van der Waals surface area (Å²) in [6.45, 7) is 7.09. The van der Waals surface area contributed by atoms with E-state index in [2.05, 4.69) is 0 Å². The Labute approximate surface area is 95.6 Å². The Morgan fingerprint density at radius 3 is 2.56 bits per heavy atom. The van der Waals surface area contributed by atoms with Crippen molar-refractivity contribution in [1.82, 2.24) is 4.90 Å². The monoisotopic (exact) mass is 225 g/mol. The van der Waals surface area contributed by atoms with Gasteiger partial charge in [0.15, 0.2) is 0 Å². The lowest BCUT2D eigenvalue weighted by molar-refractivity contribution is -0.168. The van der Waals surface area contributed by atoms with Crippen LogP contribution >= 0.6 is 0 Å². The first kappa shape index (κ1) is 11.4. The highest BCUT2D eigenvalue weighted by atomic mass is 16.4. The van der Waals surface area contributed by atoms with Gasteiger partial charge in [-0.3, -0.25) is 4.79 Å². The second-order valence-corrected chi connectivity index (χ2v) is 6.04. The maximum atomic E-state index is 12.0. The minimum atomic E-state index is -0.901. The SMILES string of the molecule is CC(C)(C)C12CN(C(=O)O)CCC1CC2=O. The van der Waals surface area contributed by atoms with E-state index in [1.165, 1.54) is 4.90 Å². The number of carboxylic acid groups (broad SMARTS) is 1. The predicted octanol–water partition coefficient (Wildman–Crippen LogP) is 1.99. The molecule has 1 aliphatic heterocycles. The number of ketones is 1. The van der Waals surface area contributed by atoms with Gasteiger partial charge in [-0.05, 0) is 17.8 Å². The topological polar surface area (TPSA) is 57.6 Å². The Bertz CT molecular complexity index is 345. The highest BCUT2D eigenvalue weighted by molar-refractivity contribution is 5.93. The van der Waals surface area contributed by atoms with E-state index in [1.807, 2.05) is 20.8 Å². The molecule has 0 bridgehead atoms. The second kappa shape index (κ2) is 3.22. The third kappa shape index (κ3) is 1.28. The molecule has 1 aliphatic carbocycles. The first-order valence-electron chi connectivity index (χ1n) is 5.80. The lowest BCUT2D eigenvalue weighted by atomic mass is 9.46. The molecule has 2 rings (SSSR count). The van der Waals surface area contributed by atoms with Crippen LogP contribution in [-0.4, -0.2) is 35.0 Å². The summed E-state index contributed by atoms with van der Waals surface area (Å²) in [5, 5.41) is 9.05. The van der Waals surface area contributed by atoms with Gasteiger partial charge in [-0.25, -0.2) is 4.79 Å². The normalized spacial score (nSPS) is 34.3. The average molecular weight is 225 g/mol. The van der Waals surface area contributed by atoms with Crippen molar-refractivity contribution < 1.29 is 14.7 Å². The zero-order valence-electron chi connectivity index (χ0n) is 10.1. The number of amides is 1. The number of likely N-dealkylation sites (tertiary alicyclic amines) is 1. The second-order valence-electron chi connectivity index (χ2n) is 6.04. The number of carbonyl (C=O) groups is 2. The molecule has 0 aromatic rings. The van der Waals surface area contributed by atoms with Crippen LogP contribution < -0.4 is 0 Å². The van der Waals surface area contributed by atoms with Crippen molar-refractivity contribution in [1.29, 1.82) is 0 Å². The van der Waals surface area contributed by atoms with Crippen molar-refractivity contribution in [2.45, 2.75) is 33.6 Å². The molecule has 0 radical (unpaired) electrons. The zero-order valence-corrected chi connectivity index (χ0v) is 10.1. The van der Waals surface area contributed by atoms with E-state index in [4.69, 9.17) is 5.11 Å². The zero-order chi connectivity index (χ0) is 12.1. The van der Waals surface area contributed by atoms with Crippen molar-refractivity contribution in [3.8, 4) is 0 Å². The molecule has 4 nitrogen and oxygen atoms in total. The number of hydrogen-bond donors (Lipinski definition) is 1. The smallest absolute Gasteiger partial charge is 0.407 e. The maximum Gasteiger partial charge on any atom is 0.407 e. The molecule has 1 heterocycles. The van der Waals surface area contributed by atoms with Crippen LogP contribution in [0, 0.1) is 16.7 Å². The average Bonchev–Trinajstić information content (AvgIpc) is 2.13. The lowest BCUT2D eigenvalue weighted by Crippen LogP contribution is -2.66. The largest absolute Gasteiger partial charge is 0.465 e. The Hall–Kier alpha value is -1.06. The first-order chi connectivity index (χ1) is 7.29. The molecule has 0 aromatic heterocycles. The van der Waals surface area contributed by atoms with Crippen LogP contribution in [0.3, 0.4) is 0 Å². The van der Waals surface area contributed by atoms with Gasteiger partial charge in [-0.15, -0.1) is 0 Å². The van der Waals surface area contributed by atoms with Gasteiger partial charge in [0, 0.05) is 19.5 Å². The van der Waals surface area contributed by atoms with Crippen LogP contribution in [0.15, 0.2) is 0 Å². The van der Waals surface area contributed by atoms with E-state index in [0.29, 0.717) is 25.4 Å². The standard InChI is InChI=1S/C12H19NO3/c1-11(2,3)12-7-13(10(15)16)5-4-8(12)6-9(12)14/h8H,4-7H2,1-3H3,(H,15,16). The van der Waals surface area contributed by atoms with E-state index in [-0.39, 0.29) is 11.2 Å². The van der Waals surface area contributed by atoms with E-state index in [9.17, 15) is 9.59 Å². The molecule has 0 aromatic carbocycles. The molecule has 0 spiro atoms. The van der Waals surface area contributed by atoms with Crippen LogP contribution in [0.4, 0.5) is 4.79 Å². The van der Waals surface area contributed by atoms with Gasteiger partial charge in [-0.1, -0.05) is 20.8 Å². The summed E-state index contributed by atoms with van der Waals surface area (Å²) in [6, 6.07) is 0. The molecule has 4 heteroatoms. The molecule has 2 atom stereocenters. The molecule has 2 fully saturated rings. The van der Waals surface area contributed by atoms with Crippen molar-refractivity contribution >= 4 is 11.9 Å². The number of Topliss-reactive ketones (excluding diaryl/α,β-unsaturated/α-hetero) is 1. The molecular weight excluding hydrogens is 206 g/mol. The Morgan fingerprint density at radius 2 is 2.12 bits per heavy atom. The predicted molar refractivity (Wildman–Crippen MR) is 59.2 cm³/mol. The van der Waals surface area contributed by atoms with E-state index in [1.54, 1.807) is 0 Å². The summed E-state index contributed by atoms with van der Waals surface area (Å²) in [6.07, 6.45) is 0.571. The fourth-order valence-electron chi connectivity index (χ4n) is 3.37. The van der Waals surface area contributed by atoms with Crippen molar-refractivity contribution in [3.05, 3.63) is 0 Å². The van der Waals surface area contributed by atoms with Crippen LogP contribution in [0.1, 0.15) is 33.6 Å². The highest BCUT2D eigenvalue weighted by Gasteiger charge is 2.63. The van der Waals surface area contributed by atoms with Gasteiger partial charge in [-0.2, -0.15) is 0 Å². The van der Waals surface area contributed by atoms with Gasteiger partial charge in [0.2, 0.25) is 0 Å². The van der Waals surface area contributed by atoms with Crippen LogP contribution in [0.25, 0.3) is 0 Å². The van der Waals surface area contributed by atoms with Crippen molar-refractivity contribution in [2.75, 3.05) is 13.1 Å². The molecular formula is C12H19NO3. The van der Waals surface area contributed by atoms with Gasteiger partial charge in [0.1, 0.15) is 5.78 Å². The van der Waals surface area contributed by atoms with Gasteiger partial charge in [0.05, 0.1) is 5.41 Å². The lowest BCUT2D eigenvalue weighted by Gasteiger charge is -2.59. The summed E-state index contributed by atoms with van der Waals surface area (Å²) in [4.78, 5) is 24.4. The number of piperidine rings is 1. The summed E-state index contributed by atoms with van der Waals surface area (Å²) < 4.78 is 0. The van der Waals surface area contributed by atoms with E-state index >= 15 is 0 Å². The number of carbonyl (C=O) groups excluding carboxylic acids is 1. The summed E-state index contributed by atoms with van der Waals surface area (Å²) >= 11 is 0. The Balaban J connectivity index is 2.30. The van der Waals surface area contributed by atoms with Gasteiger partial charge in [0.25, 0.3) is 0 Å².